The number of nitro benzene ring substituents is 1. The minimum absolute atomic E-state index is 0.0341. The highest BCUT2D eigenvalue weighted by Crippen LogP contribution is 2.29. The average Bonchev–Trinajstić information content (AvgIpc) is 2.68. The SMILES string of the molecule is C[C@H](OC(=O)c1cccc([N+](=O)[O-])c1)C(=O)N[C@@H]1CCCc2ccccc21. The van der Waals surface area contributed by atoms with Crippen molar-refractivity contribution in [3.05, 3.63) is 75.3 Å². The van der Waals surface area contributed by atoms with E-state index in [9.17, 15) is 19.7 Å². The van der Waals surface area contributed by atoms with Crippen molar-refractivity contribution in [2.45, 2.75) is 38.3 Å². The second-order valence-electron chi connectivity index (χ2n) is 6.51. The molecule has 0 unspecified atom stereocenters. The molecule has 3 rings (SSSR count). The normalized spacial score (nSPS) is 16.7. The number of amides is 1. The molecular formula is C20H20N2O5. The zero-order chi connectivity index (χ0) is 19.4. The minimum atomic E-state index is -1.01. The maximum atomic E-state index is 12.5. The predicted octanol–water partition coefficient (Wildman–Crippen LogP) is 3.33. The van der Waals surface area contributed by atoms with Crippen LogP contribution in [0.4, 0.5) is 5.69 Å². The molecule has 1 aliphatic rings. The summed E-state index contributed by atoms with van der Waals surface area (Å²) >= 11 is 0. The summed E-state index contributed by atoms with van der Waals surface area (Å²) in [6.45, 7) is 1.49. The number of fused-ring (bicyclic) bond motifs is 1. The molecule has 7 nitrogen and oxygen atoms in total. The number of hydrogen-bond donors (Lipinski definition) is 1. The Morgan fingerprint density at radius 3 is 2.78 bits per heavy atom. The maximum Gasteiger partial charge on any atom is 0.339 e. The number of carbonyl (C=O) groups excluding carboxylic acids is 2. The number of nitrogens with one attached hydrogen (secondary N) is 1. The second-order valence-corrected chi connectivity index (χ2v) is 6.51. The molecule has 0 fully saturated rings. The first-order valence-corrected chi connectivity index (χ1v) is 8.79. The molecule has 0 heterocycles. The van der Waals surface area contributed by atoms with Gasteiger partial charge in [-0.3, -0.25) is 14.9 Å². The summed E-state index contributed by atoms with van der Waals surface area (Å²) in [5.74, 6) is -1.17. The average molecular weight is 368 g/mol. The highest BCUT2D eigenvalue weighted by molar-refractivity contribution is 5.92. The Morgan fingerprint density at radius 1 is 1.22 bits per heavy atom. The van der Waals surface area contributed by atoms with E-state index in [1.165, 1.54) is 30.7 Å². The Hall–Kier alpha value is -3.22. The van der Waals surface area contributed by atoms with E-state index >= 15 is 0 Å². The second kappa shape index (κ2) is 7.99. The monoisotopic (exact) mass is 368 g/mol. The van der Waals surface area contributed by atoms with Crippen molar-refractivity contribution in [2.24, 2.45) is 0 Å². The van der Waals surface area contributed by atoms with E-state index in [0.717, 1.165) is 30.9 Å². The predicted molar refractivity (Wildman–Crippen MR) is 98.2 cm³/mol. The molecule has 2 aromatic carbocycles. The van der Waals surface area contributed by atoms with Crippen molar-refractivity contribution in [1.82, 2.24) is 5.32 Å². The van der Waals surface area contributed by atoms with Gasteiger partial charge in [0, 0.05) is 12.1 Å². The molecule has 0 saturated heterocycles. The number of ether oxygens (including phenoxy) is 1. The first kappa shape index (κ1) is 18.6. The van der Waals surface area contributed by atoms with Crippen LogP contribution < -0.4 is 5.32 Å². The molecule has 0 radical (unpaired) electrons. The summed E-state index contributed by atoms with van der Waals surface area (Å²) < 4.78 is 5.19. The van der Waals surface area contributed by atoms with E-state index < -0.39 is 22.9 Å². The van der Waals surface area contributed by atoms with Crippen LogP contribution in [-0.4, -0.2) is 22.9 Å². The third-order valence-corrected chi connectivity index (χ3v) is 4.63. The van der Waals surface area contributed by atoms with Crippen molar-refractivity contribution < 1.29 is 19.2 Å². The van der Waals surface area contributed by atoms with Gasteiger partial charge in [0.05, 0.1) is 16.5 Å². The lowest BCUT2D eigenvalue weighted by molar-refractivity contribution is -0.384. The molecule has 0 aliphatic heterocycles. The van der Waals surface area contributed by atoms with E-state index in [-0.39, 0.29) is 17.3 Å². The van der Waals surface area contributed by atoms with Gasteiger partial charge in [-0.1, -0.05) is 30.3 Å². The lowest BCUT2D eigenvalue weighted by Crippen LogP contribution is -2.39. The fourth-order valence-electron chi connectivity index (χ4n) is 3.22. The van der Waals surface area contributed by atoms with Crippen LogP contribution >= 0.6 is 0 Å². The van der Waals surface area contributed by atoms with E-state index in [2.05, 4.69) is 11.4 Å². The molecule has 7 heteroatoms. The number of nitro groups is 1. The van der Waals surface area contributed by atoms with Gasteiger partial charge >= 0.3 is 5.97 Å². The van der Waals surface area contributed by atoms with Crippen molar-refractivity contribution in [3.63, 3.8) is 0 Å². The van der Waals surface area contributed by atoms with Gasteiger partial charge in [-0.25, -0.2) is 4.79 Å². The molecule has 140 valence electrons. The summed E-state index contributed by atoms with van der Waals surface area (Å²) in [6, 6.07) is 13.1. The van der Waals surface area contributed by atoms with Gasteiger partial charge in [0.15, 0.2) is 6.10 Å². The number of nitrogens with zero attached hydrogens (tertiary/aromatic N) is 1. The molecule has 1 aliphatic carbocycles. The van der Waals surface area contributed by atoms with Crippen molar-refractivity contribution in [1.29, 1.82) is 0 Å². The molecule has 0 saturated carbocycles. The number of rotatable bonds is 5. The lowest BCUT2D eigenvalue weighted by Gasteiger charge is -2.27. The molecule has 1 N–H and O–H groups in total. The van der Waals surface area contributed by atoms with Crippen LogP contribution in [-0.2, 0) is 16.0 Å². The highest BCUT2D eigenvalue weighted by atomic mass is 16.6. The zero-order valence-electron chi connectivity index (χ0n) is 14.9. The fourth-order valence-corrected chi connectivity index (χ4v) is 3.22. The van der Waals surface area contributed by atoms with Crippen LogP contribution in [0.1, 0.15) is 47.3 Å². The van der Waals surface area contributed by atoms with Crippen LogP contribution in [0.15, 0.2) is 48.5 Å². The van der Waals surface area contributed by atoms with Gasteiger partial charge < -0.3 is 10.1 Å². The Morgan fingerprint density at radius 2 is 2.00 bits per heavy atom. The summed E-state index contributed by atoms with van der Waals surface area (Å²) in [5.41, 5.74) is 2.14. The van der Waals surface area contributed by atoms with E-state index in [4.69, 9.17) is 4.74 Å². The van der Waals surface area contributed by atoms with E-state index in [1.807, 2.05) is 18.2 Å². The Balaban J connectivity index is 1.64. The van der Waals surface area contributed by atoms with Crippen molar-refractivity contribution in [2.75, 3.05) is 0 Å². The van der Waals surface area contributed by atoms with Crippen molar-refractivity contribution in [3.8, 4) is 0 Å². The Labute approximate surface area is 156 Å². The number of esters is 1. The fraction of sp³-hybridized carbons (Fsp3) is 0.300. The van der Waals surface area contributed by atoms with Crippen LogP contribution in [0.25, 0.3) is 0 Å². The van der Waals surface area contributed by atoms with Gasteiger partial charge in [0.2, 0.25) is 0 Å². The summed E-state index contributed by atoms with van der Waals surface area (Å²) in [7, 11) is 0. The van der Waals surface area contributed by atoms with Gasteiger partial charge in [0.25, 0.3) is 11.6 Å². The van der Waals surface area contributed by atoms with Crippen LogP contribution in [0, 0.1) is 10.1 Å². The minimum Gasteiger partial charge on any atom is -0.449 e. The first-order valence-electron chi connectivity index (χ1n) is 8.79. The van der Waals surface area contributed by atoms with Gasteiger partial charge in [-0.2, -0.15) is 0 Å². The quantitative estimate of drug-likeness (QED) is 0.496. The van der Waals surface area contributed by atoms with Crippen molar-refractivity contribution >= 4 is 17.6 Å². The summed E-state index contributed by atoms with van der Waals surface area (Å²) in [5, 5.41) is 13.8. The molecule has 0 bridgehead atoms. The highest BCUT2D eigenvalue weighted by Gasteiger charge is 2.26. The van der Waals surface area contributed by atoms with Gasteiger partial charge in [-0.05, 0) is 43.4 Å². The smallest absolute Gasteiger partial charge is 0.339 e. The lowest BCUT2D eigenvalue weighted by atomic mass is 9.87. The first-order chi connectivity index (χ1) is 13.0. The summed E-state index contributed by atoms with van der Waals surface area (Å²) in [4.78, 5) is 34.9. The van der Waals surface area contributed by atoms with E-state index in [1.54, 1.807) is 0 Å². The number of carbonyl (C=O) groups is 2. The molecule has 0 aromatic heterocycles. The van der Waals surface area contributed by atoms with Crippen LogP contribution in [0.5, 0.6) is 0 Å². The zero-order valence-corrected chi connectivity index (χ0v) is 14.9. The molecular weight excluding hydrogens is 348 g/mol. The van der Waals surface area contributed by atoms with E-state index in [0.29, 0.717) is 0 Å². The molecule has 27 heavy (non-hydrogen) atoms. The molecule has 0 spiro atoms. The number of aryl methyl sites for hydroxylation is 1. The van der Waals surface area contributed by atoms with Gasteiger partial charge in [-0.15, -0.1) is 0 Å². The van der Waals surface area contributed by atoms with Gasteiger partial charge in [0.1, 0.15) is 0 Å². The topological polar surface area (TPSA) is 98.5 Å². The molecule has 2 atom stereocenters. The third-order valence-electron chi connectivity index (χ3n) is 4.63. The standard InChI is InChI=1S/C20H20N2O5/c1-13(27-20(24)15-8-4-9-16(12-15)22(25)26)19(23)21-18-11-5-7-14-6-2-3-10-17(14)18/h2-4,6,8-10,12-13,18H,5,7,11H2,1H3,(H,21,23)/t13-,18+/m0/s1. The maximum absolute atomic E-state index is 12.5. The Kier molecular flexibility index (Phi) is 5.49. The number of hydrogen-bond acceptors (Lipinski definition) is 5. The number of benzene rings is 2. The largest absolute Gasteiger partial charge is 0.449 e. The van der Waals surface area contributed by atoms with Crippen LogP contribution in [0.3, 0.4) is 0 Å². The molecule has 2 aromatic rings. The number of non-ortho nitro benzene ring substituents is 1. The Bertz CT molecular complexity index is 880. The summed E-state index contributed by atoms with van der Waals surface area (Å²) in [6.07, 6.45) is 1.78. The van der Waals surface area contributed by atoms with Crippen LogP contribution in [0.2, 0.25) is 0 Å². The molecule has 1 amide bonds. The third kappa shape index (κ3) is 4.31.